The molecule has 0 unspecified atom stereocenters. The molecule has 0 aromatic heterocycles. The fourth-order valence-corrected chi connectivity index (χ4v) is 5.40. The topological polar surface area (TPSA) is 83.5 Å². The molecule has 0 atom stereocenters. The zero-order chi connectivity index (χ0) is 22.7. The Balaban J connectivity index is 4.80. The van der Waals surface area contributed by atoms with E-state index in [1.165, 1.54) is 12.2 Å². The van der Waals surface area contributed by atoms with Crippen molar-refractivity contribution in [2.24, 2.45) is 0 Å². The third-order valence-corrected chi connectivity index (χ3v) is 7.19. The first-order valence-corrected chi connectivity index (χ1v) is 12.6. The molecule has 0 fully saturated rings. The van der Waals surface area contributed by atoms with E-state index in [9.17, 15) is 9.59 Å². The van der Waals surface area contributed by atoms with Crippen LogP contribution in [-0.4, -0.2) is 78.3 Å². The Bertz CT molecular complexity index is 457. The molecule has 0 N–H and O–H groups in total. The molecule has 0 aliphatic carbocycles. The van der Waals surface area contributed by atoms with E-state index in [1.807, 2.05) is 25.7 Å². The summed E-state index contributed by atoms with van der Waals surface area (Å²) < 4.78 is 27.7. The summed E-state index contributed by atoms with van der Waals surface area (Å²) in [6.45, 7) is 16.5. The van der Waals surface area contributed by atoms with Crippen LogP contribution in [0.4, 0.5) is 0 Å². The van der Waals surface area contributed by atoms with Crippen molar-refractivity contribution >= 4 is 20.7 Å². The molecule has 174 valence electrons. The number of esters is 2. The molecule has 0 aromatic rings. The van der Waals surface area contributed by atoms with E-state index in [4.69, 9.17) is 22.8 Å². The van der Waals surface area contributed by atoms with Gasteiger partial charge in [-0.25, -0.2) is 0 Å². The van der Waals surface area contributed by atoms with Crippen LogP contribution in [0, 0.1) is 0 Å². The summed E-state index contributed by atoms with van der Waals surface area (Å²) in [5.41, 5.74) is 0. The lowest BCUT2D eigenvalue weighted by Crippen LogP contribution is -2.46. The highest BCUT2D eigenvalue weighted by Crippen LogP contribution is 2.18. The van der Waals surface area contributed by atoms with Gasteiger partial charge in [-0.3, -0.25) is 9.59 Å². The maximum absolute atomic E-state index is 11.8. The highest BCUT2D eigenvalue weighted by Gasteiger charge is 2.39. The fourth-order valence-electron chi connectivity index (χ4n) is 2.80. The molecule has 8 nitrogen and oxygen atoms in total. The van der Waals surface area contributed by atoms with E-state index < -0.39 is 8.80 Å². The summed E-state index contributed by atoms with van der Waals surface area (Å²) in [5, 5.41) is 0. The van der Waals surface area contributed by atoms with Crippen LogP contribution in [0.25, 0.3) is 0 Å². The van der Waals surface area contributed by atoms with Crippen LogP contribution >= 0.6 is 0 Å². The number of hydrogen-bond acceptors (Lipinski definition) is 8. The average Bonchev–Trinajstić information content (AvgIpc) is 2.72. The van der Waals surface area contributed by atoms with Crippen LogP contribution < -0.4 is 0 Å². The SMILES string of the molecule is C=CCOC(=O)CCN(CCC[Si](OCC)(OCC)OCC)CCC(=O)OCC=C. The van der Waals surface area contributed by atoms with Crippen molar-refractivity contribution in [1.29, 1.82) is 0 Å². The van der Waals surface area contributed by atoms with Crippen molar-refractivity contribution in [3.05, 3.63) is 25.3 Å². The van der Waals surface area contributed by atoms with Gasteiger partial charge in [-0.05, 0) is 33.7 Å². The number of carbonyl (C=O) groups is 2. The highest BCUT2D eigenvalue weighted by atomic mass is 28.4. The molecule has 0 aliphatic heterocycles. The summed E-state index contributed by atoms with van der Waals surface area (Å²) in [6, 6.07) is 0.668. The minimum absolute atomic E-state index is 0.192. The molecule has 0 radical (unpaired) electrons. The van der Waals surface area contributed by atoms with E-state index >= 15 is 0 Å². The van der Waals surface area contributed by atoms with Crippen LogP contribution in [0.5, 0.6) is 0 Å². The number of rotatable bonds is 20. The number of hydrogen-bond donors (Lipinski definition) is 0. The monoisotopic (exact) mass is 445 g/mol. The smallest absolute Gasteiger partial charge is 0.461 e. The van der Waals surface area contributed by atoms with E-state index in [1.54, 1.807) is 0 Å². The van der Waals surface area contributed by atoms with E-state index in [-0.39, 0.29) is 38.0 Å². The second-order valence-corrected chi connectivity index (χ2v) is 9.10. The molecule has 0 saturated heterocycles. The average molecular weight is 446 g/mol. The first-order chi connectivity index (χ1) is 14.5. The Morgan fingerprint density at radius 2 is 1.23 bits per heavy atom. The molecule has 0 amide bonds. The Morgan fingerprint density at radius 3 is 1.60 bits per heavy atom. The first-order valence-electron chi connectivity index (χ1n) is 10.6. The highest BCUT2D eigenvalue weighted by molar-refractivity contribution is 6.60. The van der Waals surface area contributed by atoms with Crippen molar-refractivity contribution in [3.8, 4) is 0 Å². The van der Waals surface area contributed by atoms with Crippen LogP contribution in [-0.2, 0) is 32.3 Å². The lowest BCUT2D eigenvalue weighted by atomic mass is 10.3. The zero-order valence-electron chi connectivity index (χ0n) is 18.9. The number of nitrogens with zero attached hydrogens (tertiary/aromatic N) is 1. The Labute approximate surface area is 182 Å². The molecule has 0 heterocycles. The molecule has 0 aromatic carbocycles. The summed E-state index contributed by atoms with van der Waals surface area (Å²) in [7, 11) is -2.72. The quantitative estimate of drug-likeness (QED) is 0.161. The third kappa shape index (κ3) is 13.7. The maximum atomic E-state index is 11.8. The van der Waals surface area contributed by atoms with Crippen molar-refractivity contribution < 1.29 is 32.3 Å². The van der Waals surface area contributed by atoms with Gasteiger partial charge in [-0.1, -0.05) is 25.3 Å². The van der Waals surface area contributed by atoms with Gasteiger partial charge in [0.1, 0.15) is 13.2 Å². The van der Waals surface area contributed by atoms with Crippen LogP contribution in [0.3, 0.4) is 0 Å². The largest absolute Gasteiger partial charge is 0.500 e. The van der Waals surface area contributed by atoms with E-state index in [2.05, 4.69) is 13.2 Å². The van der Waals surface area contributed by atoms with Crippen molar-refractivity contribution in [2.75, 3.05) is 52.7 Å². The molecular weight excluding hydrogens is 406 g/mol. The molecule has 0 bridgehead atoms. The second kappa shape index (κ2) is 18.3. The number of carbonyl (C=O) groups excluding carboxylic acids is 2. The molecule has 0 saturated carbocycles. The van der Waals surface area contributed by atoms with Gasteiger partial charge in [0.05, 0.1) is 12.8 Å². The zero-order valence-corrected chi connectivity index (χ0v) is 19.9. The van der Waals surface area contributed by atoms with Gasteiger partial charge in [0.25, 0.3) is 0 Å². The lowest BCUT2D eigenvalue weighted by molar-refractivity contribution is -0.142. The molecule has 0 aliphatic rings. The van der Waals surface area contributed by atoms with E-state index in [0.29, 0.717) is 45.5 Å². The lowest BCUT2D eigenvalue weighted by Gasteiger charge is -2.29. The maximum Gasteiger partial charge on any atom is 0.500 e. The minimum Gasteiger partial charge on any atom is -0.461 e. The fraction of sp³-hybridized carbons (Fsp3) is 0.714. The van der Waals surface area contributed by atoms with Gasteiger partial charge in [0, 0.05) is 39.0 Å². The summed E-state index contributed by atoms with van der Waals surface area (Å²) in [6.07, 6.45) is 4.30. The van der Waals surface area contributed by atoms with Gasteiger partial charge < -0.3 is 27.7 Å². The third-order valence-electron chi connectivity index (χ3n) is 4.04. The van der Waals surface area contributed by atoms with E-state index in [0.717, 1.165) is 6.42 Å². The molecule has 9 heteroatoms. The molecular formula is C21H39NO7Si. The Hall–Kier alpha value is -1.52. The standard InChI is InChI=1S/C21H39NO7Si/c1-6-17-25-20(23)12-15-22(16-13-21(24)26-18-7-2)14-11-19-30(27-8-3,28-9-4)29-10-5/h6-7H,1-2,8-19H2,3-5H3. The Morgan fingerprint density at radius 1 is 0.800 bits per heavy atom. The molecule has 30 heavy (non-hydrogen) atoms. The van der Waals surface area contributed by atoms with Crippen molar-refractivity contribution in [2.45, 2.75) is 46.1 Å². The molecule has 0 rings (SSSR count). The van der Waals surface area contributed by atoms with Gasteiger partial charge >= 0.3 is 20.7 Å². The predicted molar refractivity (Wildman–Crippen MR) is 118 cm³/mol. The van der Waals surface area contributed by atoms with Gasteiger partial charge in [-0.2, -0.15) is 0 Å². The first kappa shape index (κ1) is 28.5. The second-order valence-electron chi connectivity index (χ2n) is 6.37. The summed E-state index contributed by atoms with van der Waals surface area (Å²) in [4.78, 5) is 25.7. The Kier molecular flexibility index (Phi) is 17.3. The van der Waals surface area contributed by atoms with Crippen LogP contribution in [0.2, 0.25) is 6.04 Å². The molecule has 0 spiro atoms. The predicted octanol–water partition coefficient (Wildman–Crippen LogP) is 2.97. The normalized spacial score (nSPS) is 11.3. The minimum atomic E-state index is -2.72. The van der Waals surface area contributed by atoms with Gasteiger partial charge in [0.15, 0.2) is 0 Å². The van der Waals surface area contributed by atoms with Crippen molar-refractivity contribution in [1.82, 2.24) is 4.90 Å². The van der Waals surface area contributed by atoms with Gasteiger partial charge in [0.2, 0.25) is 0 Å². The van der Waals surface area contributed by atoms with Crippen LogP contribution in [0.1, 0.15) is 40.0 Å². The van der Waals surface area contributed by atoms with Crippen molar-refractivity contribution in [3.63, 3.8) is 0 Å². The summed E-state index contributed by atoms with van der Waals surface area (Å²) >= 11 is 0. The van der Waals surface area contributed by atoms with Crippen LogP contribution in [0.15, 0.2) is 25.3 Å². The summed E-state index contributed by atoms with van der Waals surface area (Å²) in [5.74, 6) is -0.591. The number of ether oxygens (including phenoxy) is 2. The van der Waals surface area contributed by atoms with Gasteiger partial charge in [-0.15, -0.1) is 0 Å².